The number of carbonyl (C=O) groups excluding carboxylic acids is 1. The zero-order valence-electron chi connectivity index (χ0n) is 23.0. The Kier molecular flexibility index (Phi) is 7.57. The Morgan fingerprint density at radius 3 is 2.40 bits per heavy atom. The summed E-state index contributed by atoms with van der Waals surface area (Å²) in [4.78, 5) is 29.2. The van der Waals surface area contributed by atoms with E-state index in [0.717, 1.165) is 27.3 Å². The van der Waals surface area contributed by atoms with Crippen LogP contribution < -0.4 is 4.80 Å². The fraction of sp³-hybridized carbons (Fsp3) is 0.345. The molecular formula is C29H31N7O3S. The number of carboxylic acid groups (broad SMARTS) is 1. The van der Waals surface area contributed by atoms with E-state index in [0.29, 0.717) is 48.4 Å². The molecule has 0 spiro atoms. The number of aromatic nitrogens is 6. The van der Waals surface area contributed by atoms with Crippen molar-refractivity contribution < 1.29 is 14.7 Å². The van der Waals surface area contributed by atoms with Crippen LogP contribution in [0.3, 0.4) is 0 Å². The molecule has 4 aromatic rings. The van der Waals surface area contributed by atoms with Crippen LogP contribution in [-0.2, 0) is 28.1 Å². The third-order valence-corrected chi connectivity index (χ3v) is 7.86. The molecule has 0 saturated carbocycles. The van der Waals surface area contributed by atoms with Gasteiger partial charge in [0.05, 0.1) is 12.1 Å². The summed E-state index contributed by atoms with van der Waals surface area (Å²) in [6.07, 6.45) is 2.20. The lowest BCUT2D eigenvalue weighted by atomic mass is 9.97. The van der Waals surface area contributed by atoms with Crippen LogP contribution in [0.2, 0.25) is 0 Å². The first-order valence-corrected chi connectivity index (χ1v) is 14.1. The van der Waals surface area contributed by atoms with Gasteiger partial charge in [0.1, 0.15) is 5.01 Å². The highest BCUT2D eigenvalue weighted by Gasteiger charge is 2.25. The fourth-order valence-corrected chi connectivity index (χ4v) is 5.59. The van der Waals surface area contributed by atoms with Gasteiger partial charge >= 0.3 is 5.97 Å². The Hall–Kier alpha value is -4.25. The van der Waals surface area contributed by atoms with Crippen molar-refractivity contribution in [3.05, 3.63) is 75.0 Å². The molecule has 0 fully saturated rings. The molecule has 1 N–H and O–H groups in total. The molecular weight excluding hydrogens is 526 g/mol. The molecule has 1 amide bonds. The van der Waals surface area contributed by atoms with Gasteiger partial charge in [-0.1, -0.05) is 66.8 Å². The van der Waals surface area contributed by atoms with Crippen molar-refractivity contribution in [1.29, 1.82) is 0 Å². The summed E-state index contributed by atoms with van der Waals surface area (Å²) in [5, 5.41) is 27.4. The van der Waals surface area contributed by atoms with Crippen molar-refractivity contribution in [3.8, 4) is 22.5 Å². The largest absolute Gasteiger partial charge is 0.478 e. The molecule has 0 atom stereocenters. The van der Waals surface area contributed by atoms with Crippen LogP contribution in [0.5, 0.6) is 0 Å². The summed E-state index contributed by atoms with van der Waals surface area (Å²) in [7, 11) is 0. The van der Waals surface area contributed by atoms with Gasteiger partial charge in [0.25, 0.3) is 5.91 Å². The normalized spacial score (nSPS) is 14.2. The first-order chi connectivity index (χ1) is 19.2. The monoisotopic (exact) mass is 557 g/mol. The first-order valence-electron chi connectivity index (χ1n) is 13.2. The number of hydrogen-bond acceptors (Lipinski definition) is 7. The molecule has 2 aromatic carbocycles. The maximum atomic E-state index is 12.9. The topological polar surface area (TPSA) is 128 Å². The van der Waals surface area contributed by atoms with Gasteiger partial charge in [0.2, 0.25) is 4.80 Å². The second-order valence-electron chi connectivity index (χ2n) is 10.6. The third kappa shape index (κ3) is 5.55. The molecule has 40 heavy (non-hydrogen) atoms. The van der Waals surface area contributed by atoms with E-state index in [1.807, 2.05) is 41.9 Å². The van der Waals surface area contributed by atoms with Gasteiger partial charge in [0, 0.05) is 16.7 Å². The van der Waals surface area contributed by atoms with E-state index in [1.165, 1.54) is 11.3 Å². The summed E-state index contributed by atoms with van der Waals surface area (Å²) in [6, 6.07) is 16.2. The maximum absolute atomic E-state index is 12.9. The van der Waals surface area contributed by atoms with E-state index in [-0.39, 0.29) is 11.1 Å². The highest BCUT2D eigenvalue weighted by atomic mass is 32.1. The highest BCUT2D eigenvalue weighted by Crippen LogP contribution is 2.32. The number of benzene rings is 2. The number of tetrazole rings is 1. The number of rotatable bonds is 7. The van der Waals surface area contributed by atoms with E-state index in [4.69, 9.17) is 0 Å². The molecule has 1 aliphatic rings. The van der Waals surface area contributed by atoms with Crippen molar-refractivity contribution in [3.63, 3.8) is 0 Å². The van der Waals surface area contributed by atoms with Crippen LogP contribution >= 0.6 is 11.3 Å². The van der Waals surface area contributed by atoms with E-state index in [2.05, 4.69) is 64.6 Å². The smallest absolute Gasteiger partial charge is 0.332 e. The average molecular weight is 558 g/mol. The lowest BCUT2D eigenvalue weighted by Gasteiger charge is -2.21. The van der Waals surface area contributed by atoms with Crippen LogP contribution in [0.4, 0.5) is 0 Å². The number of hydrogen-bond donors (Lipinski definition) is 1. The van der Waals surface area contributed by atoms with E-state index in [9.17, 15) is 14.7 Å². The van der Waals surface area contributed by atoms with Crippen LogP contribution in [0.1, 0.15) is 57.5 Å². The minimum atomic E-state index is -1.04. The molecule has 2 aromatic heterocycles. The van der Waals surface area contributed by atoms with Gasteiger partial charge in [-0.2, -0.15) is 10.1 Å². The quantitative estimate of drug-likeness (QED) is 0.351. The van der Waals surface area contributed by atoms with Crippen LogP contribution in [-0.4, -0.2) is 47.0 Å². The lowest BCUT2D eigenvalue weighted by Crippen LogP contribution is -2.24. The molecule has 0 radical (unpaired) electrons. The van der Waals surface area contributed by atoms with Gasteiger partial charge in [-0.15, -0.1) is 5.10 Å². The molecule has 5 rings (SSSR count). The predicted octanol–water partition coefficient (Wildman–Crippen LogP) is 4.62. The summed E-state index contributed by atoms with van der Waals surface area (Å²) in [6.45, 7) is 8.62. The summed E-state index contributed by atoms with van der Waals surface area (Å²) in [5.41, 5.74) is 4.18. The van der Waals surface area contributed by atoms with Crippen molar-refractivity contribution >= 4 is 23.2 Å². The summed E-state index contributed by atoms with van der Waals surface area (Å²) in [5.74, 6) is -0.824. The Labute approximate surface area is 235 Å². The van der Waals surface area contributed by atoms with Crippen molar-refractivity contribution in [1.82, 2.24) is 30.0 Å². The van der Waals surface area contributed by atoms with Crippen molar-refractivity contribution in [2.75, 3.05) is 0 Å². The second kappa shape index (κ2) is 11.1. The number of aryl methyl sites for hydroxylation is 1. The van der Waals surface area contributed by atoms with Crippen molar-refractivity contribution in [2.45, 2.75) is 65.5 Å². The highest BCUT2D eigenvalue weighted by molar-refractivity contribution is 7.08. The molecule has 11 heteroatoms. The number of carboxylic acids is 1. The molecule has 0 saturated heterocycles. The molecule has 2 heterocycles. The van der Waals surface area contributed by atoms with Gasteiger partial charge in [-0.25, -0.2) is 14.2 Å². The minimum Gasteiger partial charge on any atom is -0.478 e. The van der Waals surface area contributed by atoms with Gasteiger partial charge in [0.15, 0.2) is 5.82 Å². The summed E-state index contributed by atoms with van der Waals surface area (Å²) < 4.78 is 3.55. The standard InChI is InChI=1S/C29H31N7O3S/c1-5-24-32-35(28(40-24)30-26(37)22-11-8-12-23(22)27(38)39)17-18-13-15-19(16-14-18)20-9-6-7-10-21(20)25-31-33-34-36(25)29(2,3)4/h6-7,9-10,13-16H,5,8,11-12,17H2,1-4H3,(H,38,39). The van der Waals surface area contributed by atoms with E-state index in [1.54, 1.807) is 4.68 Å². The number of carbonyl (C=O) groups is 2. The first kappa shape index (κ1) is 27.3. The molecule has 206 valence electrons. The van der Waals surface area contributed by atoms with Gasteiger partial charge in [-0.05, 0) is 73.6 Å². The van der Waals surface area contributed by atoms with E-state index < -0.39 is 11.9 Å². The number of nitrogens with zero attached hydrogens (tertiary/aromatic N) is 7. The second-order valence-corrected chi connectivity index (χ2v) is 11.7. The molecule has 0 bridgehead atoms. The molecule has 10 nitrogen and oxygen atoms in total. The van der Waals surface area contributed by atoms with Crippen molar-refractivity contribution in [2.24, 2.45) is 4.99 Å². The van der Waals surface area contributed by atoms with Gasteiger partial charge < -0.3 is 5.11 Å². The Morgan fingerprint density at radius 1 is 1.02 bits per heavy atom. The fourth-order valence-electron chi connectivity index (χ4n) is 4.75. The SMILES string of the molecule is CCc1nn(Cc2ccc(-c3ccccc3-c3nnnn3C(C)(C)C)cc2)c(=NC(=O)C2=C(C(=O)O)CCC2)s1. The van der Waals surface area contributed by atoms with Crippen LogP contribution in [0, 0.1) is 0 Å². The maximum Gasteiger partial charge on any atom is 0.332 e. The average Bonchev–Trinajstić information content (AvgIpc) is 3.69. The molecule has 0 unspecified atom stereocenters. The zero-order valence-corrected chi connectivity index (χ0v) is 23.8. The zero-order chi connectivity index (χ0) is 28.4. The Bertz CT molecular complexity index is 1670. The Balaban J connectivity index is 1.44. The Morgan fingerprint density at radius 2 is 1.73 bits per heavy atom. The van der Waals surface area contributed by atoms with Gasteiger partial charge in [-0.3, -0.25) is 4.79 Å². The number of aliphatic carboxylic acids is 1. The third-order valence-electron chi connectivity index (χ3n) is 6.77. The number of amides is 1. The van der Waals surface area contributed by atoms with Crippen LogP contribution in [0.15, 0.2) is 64.7 Å². The molecule has 0 aliphatic heterocycles. The summed E-state index contributed by atoms with van der Waals surface area (Å²) >= 11 is 1.35. The lowest BCUT2D eigenvalue weighted by molar-refractivity contribution is -0.133. The van der Waals surface area contributed by atoms with Crippen LogP contribution in [0.25, 0.3) is 22.5 Å². The minimum absolute atomic E-state index is 0.174. The predicted molar refractivity (Wildman–Crippen MR) is 151 cm³/mol. The van der Waals surface area contributed by atoms with E-state index >= 15 is 0 Å². The molecule has 1 aliphatic carbocycles.